The second-order valence-electron chi connectivity index (χ2n) is 2.89. The Hall–Kier alpha value is -0.800. The lowest BCUT2D eigenvalue weighted by Crippen LogP contribution is -2.16. The van der Waals surface area contributed by atoms with E-state index in [9.17, 15) is 4.39 Å². The van der Waals surface area contributed by atoms with Crippen LogP contribution in [0.25, 0.3) is 0 Å². The van der Waals surface area contributed by atoms with E-state index in [2.05, 4.69) is 5.32 Å². The Balaban J connectivity index is 2.47. The first-order valence-electron chi connectivity index (χ1n) is 4.09. The minimum atomic E-state index is -0.308. The fourth-order valence-electron chi connectivity index (χ4n) is 1.33. The van der Waals surface area contributed by atoms with E-state index in [1.54, 1.807) is 6.07 Å². The fraction of sp³-hybridized carbons (Fsp3) is 0.333. The molecule has 0 radical (unpaired) electrons. The Morgan fingerprint density at radius 2 is 2.31 bits per heavy atom. The molecule has 0 aliphatic carbocycles. The summed E-state index contributed by atoms with van der Waals surface area (Å²) in [5.74, 6) is 0.243. The molecular weight excluding hydrogens is 193 g/mol. The van der Waals surface area contributed by atoms with Gasteiger partial charge in [-0.3, -0.25) is 0 Å². The van der Waals surface area contributed by atoms with E-state index in [0.29, 0.717) is 29.5 Å². The summed E-state index contributed by atoms with van der Waals surface area (Å²) in [6, 6.07) is 2.95. The van der Waals surface area contributed by atoms with Crippen molar-refractivity contribution in [1.82, 2.24) is 5.32 Å². The van der Waals surface area contributed by atoms with E-state index < -0.39 is 0 Å². The Kier molecular flexibility index (Phi) is 2.38. The number of rotatable bonds is 0. The number of halogens is 2. The van der Waals surface area contributed by atoms with Crippen LogP contribution in [0.4, 0.5) is 4.39 Å². The van der Waals surface area contributed by atoms with Crippen LogP contribution in [-0.4, -0.2) is 13.2 Å². The lowest BCUT2D eigenvalue weighted by molar-refractivity contribution is 0.325. The number of fused-ring (bicyclic) bond motifs is 1. The number of hydrogen-bond acceptors (Lipinski definition) is 2. The lowest BCUT2D eigenvalue weighted by atomic mass is 10.2. The molecule has 0 atom stereocenters. The molecule has 1 aliphatic rings. The largest absolute Gasteiger partial charge is 0.492 e. The predicted molar refractivity (Wildman–Crippen MR) is 48.6 cm³/mol. The van der Waals surface area contributed by atoms with Crippen molar-refractivity contribution in [3.05, 3.63) is 28.5 Å². The molecule has 0 fully saturated rings. The SMILES string of the molecule is Fc1cc(Cl)cc2c1CNCCO2. The molecule has 0 amide bonds. The van der Waals surface area contributed by atoms with Gasteiger partial charge in [0.25, 0.3) is 0 Å². The van der Waals surface area contributed by atoms with Crippen LogP contribution in [0, 0.1) is 5.82 Å². The Morgan fingerprint density at radius 3 is 3.15 bits per heavy atom. The maximum Gasteiger partial charge on any atom is 0.132 e. The van der Waals surface area contributed by atoms with Crippen LogP contribution in [0.3, 0.4) is 0 Å². The molecule has 1 aliphatic heterocycles. The van der Waals surface area contributed by atoms with Crippen molar-refractivity contribution in [3.63, 3.8) is 0 Å². The van der Waals surface area contributed by atoms with Gasteiger partial charge >= 0.3 is 0 Å². The lowest BCUT2D eigenvalue weighted by Gasteiger charge is -2.07. The first kappa shape index (κ1) is 8.78. The van der Waals surface area contributed by atoms with Gasteiger partial charge in [-0.05, 0) is 12.1 Å². The zero-order chi connectivity index (χ0) is 9.26. The summed E-state index contributed by atoms with van der Waals surface area (Å²) in [7, 11) is 0. The molecule has 1 aromatic rings. The van der Waals surface area contributed by atoms with Crippen molar-refractivity contribution in [2.75, 3.05) is 13.2 Å². The maximum absolute atomic E-state index is 13.3. The van der Waals surface area contributed by atoms with Crippen molar-refractivity contribution in [1.29, 1.82) is 0 Å². The normalized spacial score (nSPS) is 15.8. The Morgan fingerprint density at radius 1 is 1.46 bits per heavy atom. The molecule has 2 nitrogen and oxygen atoms in total. The highest BCUT2D eigenvalue weighted by molar-refractivity contribution is 6.30. The monoisotopic (exact) mass is 201 g/mol. The van der Waals surface area contributed by atoms with Crippen LogP contribution < -0.4 is 10.1 Å². The maximum atomic E-state index is 13.3. The number of ether oxygens (including phenoxy) is 1. The van der Waals surface area contributed by atoms with Gasteiger partial charge in [0.2, 0.25) is 0 Å². The summed E-state index contributed by atoms with van der Waals surface area (Å²) in [6.45, 7) is 1.77. The summed E-state index contributed by atoms with van der Waals surface area (Å²) < 4.78 is 18.6. The average Bonchev–Trinajstić information content (AvgIpc) is 2.28. The summed E-state index contributed by atoms with van der Waals surface area (Å²) in [5.41, 5.74) is 0.557. The van der Waals surface area contributed by atoms with E-state index in [4.69, 9.17) is 16.3 Å². The molecule has 0 saturated carbocycles. The van der Waals surface area contributed by atoms with Gasteiger partial charge in [0.05, 0.1) is 0 Å². The highest BCUT2D eigenvalue weighted by atomic mass is 35.5. The first-order valence-corrected chi connectivity index (χ1v) is 4.46. The molecule has 1 aromatic carbocycles. The zero-order valence-electron chi connectivity index (χ0n) is 6.94. The molecule has 0 unspecified atom stereocenters. The van der Waals surface area contributed by atoms with Crippen molar-refractivity contribution in [2.45, 2.75) is 6.54 Å². The molecule has 70 valence electrons. The molecule has 2 rings (SSSR count). The van der Waals surface area contributed by atoms with Gasteiger partial charge in [-0.15, -0.1) is 0 Å². The third-order valence-corrected chi connectivity index (χ3v) is 2.18. The van der Waals surface area contributed by atoms with Crippen LogP contribution in [0.5, 0.6) is 5.75 Å². The Labute approximate surface area is 80.7 Å². The van der Waals surface area contributed by atoms with Gasteiger partial charge in [-0.25, -0.2) is 4.39 Å². The van der Waals surface area contributed by atoms with E-state index in [1.165, 1.54) is 6.07 Å². The van der Waals surface area contributed by atoms with Gasteiger partial charge in [0, 0.05) is 23.7 Å². The number of hydrogen-bond donors (Lipinski definition) is 1. The van der Waals surface area contributed by atoms with Crippen LogP contribution in [-0.2, 0) is 6.54 Å². The third-order valence-electron chi connectivity index (χ3n) is 1.96. The summed E-state index contributed by atoms with van der Waals surface area (Å²) in [6.07, 6.45) is 0. The molecule has 1 N–H and O–H groups in total. The molecular formula is C9H9ClFNO. The minimum absolute atomic E-state index is 0.308. The van der Waals surface area contributed by atoms with E-state index in [1.807, 2.05) is 0 Å². The molecule has 0 bridgehead atoms. The minimum Gasteiger partial charge on any atom is -0.492 e. The van der Waals surface area contributed by atoms with Crippen LogP contribution in [0.1, 0.15) is 5.56 Å². The predicted octanol–water partition coefficient (Wildman–Crippen LogP) is 1.96. The van der Waals surface area contributed by atoms with Gasteiger partial charge in [-0.1, -0.05) is 11.6 Å². The van der Waals surface area contributed by atoms with E-state index >= 15 is 0 Å². The van der Waals surface area contributed by atoms with Crippen LogP contribution in [0.15, 0.2) is 12.1 Å². The van der Waals surface area contributed by atoms with Gasteiger partial charge in [0.1, 0.15) is 18.2 Å². The van der Waals surface area contributed by atoms with Gasteiger partial charge in [-0.2, -0.15) is 0 Å². The second kappa shape index (κ2) is 3.52. The van der Waals surface area contributed by atoms with E-state index in [0.717, 1.165) is 6.54 Å². The standard InChI is InChI=1S/C9H9ClFNO/c10-6-3-8(11)7-5-12-1-2-13-9(7)4-6/h3-4,12H,1-2,5H2. The van der Waals surface area contributed by atoms with Crippen LogP contribution in [0.2, 0.25) is 5.02 Å². The highest BCUT2D eigenvalue weighted by Crippen LogP contribution is 2.27. The molecule has 1 heterocycles. The fourth-order valence-corrected chi connectivity index (χ4v) is 1.52. The number of benzene rings is 1. The second-order valence-corrected chi connectivity index (χ2v) is 3.33. The average molecular weight is 202 g/mol. The number of nitrogens with one attached hydrogen (secondary N) is 1. The quantitative estimate of drug-likeness (QED) is 0.693. The van der Waals surface area contributed by atoms with Gasteiger partial charge in [0.15, 0.2) is 0 Å². The summed E-state index contributed by atoms with van der Waals surface area (Å²) in [4.78, 5) is 0. The van der Waals surface area contributed by atoms with Gasteiger partial charge < -0.3 is 10.1 Å². The zero-order valence-corrected chi connectivity index (χ0v) is 7.70. The first-order chi connectivity index (χ1) is 6.27. The van der Waals surface area contributed by atoms with Crippen LogP contribution >= 0.6 is 11.6 Å². The third kappa shape index (κ3) is 1.76. The molecule has 13 heavy (non-hydrogen) atoms. The summed E-state index contributed by atoms with van der Waals surface area (Å²) in [5, 5.41) is 3.43. The highest BCUT2D eigenvalue weighted by Gasteiger charge is 2.13. The van der Waals surface area contributed by atoms with Crippen molar-refractivity contribution in [2.24, 2.45) is 0 Å². The van der Waals surface area contributed by atoms with Crippen molar-refractivity contribution in [3.8, 4) is 5.75 Å². The molecule has 0 saturated heterocycles. The smallest absolute Gasteiger partial charge is 0.132 e. The Bertz CT molecular complexity index is 330. The molecule has 0 spiro atoms. The summed E-state index contributed by atoms with van der Waals surface area (Å²) >= 11 is 5.69. The molecule has 4 heteroatoms. The van der Waals surface area contributed by atoms with E-state index in [-0.39, 0.29) is 5.82 Å². The van der Waals surface area contributed by atoms with Crippen molar-refractivity contribution >= 4 is 11.6 Å². The van der Waals surface area contributed by atoms with Crippen molar-refractivity contribution < 1.29 is 9.13 Å². The molecule has 0 aromatic heterocycles. The topological polar surface area (TPSA) is 21.3 Å².